The van der Waals surface area contributed by atoms with E-state index in [0.717, 1.165) is 19.7 Å². The van der Waals surface area contributed by atoms with Gasteiger partial charge in [-0.3, -0.25) is 0 Å². The summed E-state index contributed by atoms with van der Waals surface area (Å²) in [4.78, 5) is 17.8. The Hall–Kier alpha value is -1.18. The summed E-state index contributed by atoms with van der Waals surface area (Å²) in [6.45, 7) is 4.98. The summed E-state index contributed by atoms with van der Waals surface area (Å²) in [5.74, 6) is -0.981. The van der Waals surface area contributed by atoms with Crippen molar-refractivity contribution in [1.29, 1.82) is 0 Å². The van der Waals surface area contributed by atoms with Crippen LogP contribution in [0.15, 0.2) is 0 Å². The number of hydrogen-bond donors (Lipinski definition) is 2. The Bertz CT molecular complexity index is 435. The maximum Gasteiger partial charge on any atom is 0.355 e. The number of thiazole rings is 1. The molecule has 1 saturated heterocycles. The Morgan fingerprint density at radius 1 is 1.72 bits per heavy atom. The van der Waals surface area contributed by atoms with Gasteiger partial charge >= 0.3 is 5.97 Å². The molecule has 0 aromatic carbocycles. The first kappa shape index (κ1) is 13.3. The quantitative estimate of drug-likeness (QED) is 0.847. The molecule has 2 heterocycles. The van der Waals surface area contributed by atoms with Crippen molar-refractivity contribution >= 4 is 22.4 Å². The first-order valence-corrected chi connectivity index (χ1v) is 6.62. The number of likely N-dealkylation sites (N-methyl/N-ethyl adjacent to an activating group) is 1. The molecule has 0 amide bonds. The minimum absolute atomic E-state index is 0.126. The zero-order valence-corrected chi connectivity index (χ0v) is 11.3. The lowest BCUT2D eigenvalue weighted by molar-refractivity contribution is -0.0117. The van der Waals surface area contributed by atoms with Gasteiger partial charge in [0.25, 0.3) is 0 Å². The molecule has 7 heteroatoms. The van der Waals surface area contributed by atoms with Gasteiger partial charge < -0.3 is 20.1 Å². The predicted octanol–water partition coefficient (Wildman–Crippen LogP) is 0.892. The number of carboxylic acid groups (broad SMARTS) is 1. The van der Waals surface area contributed by atoms with Gasteiger partial charge in [0.2, 0.25) is 0 Å². The van der Waals surface area contributed by atoms with E-state index in [9.17, 15) is 4.79 Å². The molecule has 1 aromatic rings. The van der Waals surface area contributed by atoms with Gasteiger partial charge in [-0.25, -0.2) is 9.78 Å². The fourth-order valence-electron chi connectivity index (χ4n) is 1.86. The average molecular weight is 271 g/mol. The molecule has 0 aliphatic carbocycles. The van der Waals surface area contributed by atoms with Gasteiger partial charge in [0, 0.05) is 24.5 Å². The van der Waals surface area contributed by atoms with Crippen molar-refractivity contribution in [3.05, 3.63) is 10.6 Å². The molecule has 6 nitrogen and oxygen atoms in total. The van der Waals surface area contributed by atoms with Crippen molar-refractivity contribution in [3.8, 4) is 0 Å². The van der Waals surface area contributed by atoms with Gasteiger partial charge in [-0.15, -0.1) is 11.3 Å². The van der Waals surface area contributed by atoms with Crippen LogP contribution in [0.5, 0.6) is 0 Å². The molecule has 0 spiro atoms. The summed E-state index contributed by atoms with van der Waals surface area (Å²) < 4.78 is 5.61. The Morgan fingerprint density at radius 2 is 2.50 bits per heavy atom. The fraction of sp³-hybridized carbons (Fsp3) is 0.636. The van der Waals surface area contributed by atoms with E-state index in [0.29, 0.717) is 16.6 Å². The second-order valence-corrected chi connectivity index (χ2v) is 5.57. The molecule has 0 saturated carbocycles. The zero-order valence-electron chi connectivity index (χ0n) is 10.5. The molecular formula is C11H17N3O3S. The summed E-state index contributed by atoms with van der Waals surface area (Å²) in [5, 5.41) is 12.7. The molecule has 1 aromatic heterocycles. The first-order valence-electron chi connectivity index (χ1n) is 5.81. The summed E-state index contributed by atoms with van der Waals surface area (Å²) in [6.07, 6.45) is 0.126. The molecule has 1 unspecified atom stereocenters. The molecule has 0 bridgehead atoms. The number of hydrogen-bond acceptors (Lipinski definition) is 6. The highest BCUT2D eigenvalue weighted by atomic mass is 32.1. The lowest BCUT2D eigenvalue weighted by atomic mass is 10.3. The molecule has 0 radical (unpaired) electrons. The summed E-state index contributed by atoms with van der Waals surface area (Å²) >= 11 is 1.36. The third-order valence-electron chi connectivity index (χ3n) is 2.82. The molecule has 2 N–H and O–H groups in total. The molecule has 100 valence electrons. The Kier molecular flexibility index (Phi) is 4.15. The highest BCUT2D eigenvalue weighted by Crippen LogP contribution is 2.22. The van der Waals surface area contributed by atoms with Gasteiger partial charge in [0.15, 0.2) is 10.8 Å². The third-order valence-corrected chi connectivity index (χ3v) is 3.75. The van der Waals surface area contributed by atoms with E-state index in [1.165, 1.54) is 11.3 Å². The largest absolute Gasteiger partial charge is 0.476 e. The SMILES string of the molecule is Cc1sc(NCC2CN(C)CCO2)nc1C(=O)O. The van der Waals surface area contributed by atoms with Crippen LogP contribution in [-0.2, 0) is 4.74 Å². The van der Waals surface area contributed by atoms with Gasteiger partial charge in [-0.2, -0.15) is 0 Å². The fourth-order valence-corrected chi connectivity index (χ4v) is 2.67. The van der Waals surface area contributed by atoms with Crippen molar-refractivity contribution in [2.24, 2.45) is 0 Å². The second-order valence-electron chi connectivity index (χ2n) is 4.36. The second kappa shape index (κ2) is 5.64. The number of morpholine rings is 1. The molecule has 1 aliphatic heterocycles. The Labute approximate surface area is 110 Å². The predicted molar refractivity (Wildman–Crippen MR) is 69.5 cm³/mol. The molecule has 1 aliphatic rings. The highest BCUT2D eigenvalue weighted by Gasteiger charge is 2.19. The van der Waals surface area contributed by atoms with E-state index in [2.05, 4.69) is 22.2 Å². The van der Waals surface area contributed by atoms with Gasteiger partial charge in [0.1, 0.15) is 0 Å². The number of rotatable bonds is 4. The normalized spacial score (nSPS) is 20.9. The molecule has 1 fully saturated rings. The maximum absolute atomic E-state index is 10.9. The number of carbonyl (C=O) groups is 1. The van der Waals surface area contributed by atoms with E-state index < -0.39 is 5.97 Å². The molecule has 2 rings (SSSR count). The zero-order chi connectivity index (χ0) is 13.1. The number of nitrogens with zero attached hydrogens (tertiary/aromatic N) is 2. The van der Waals surface area contributed by atoms with E-state index in [-0.39, 0.29) is 11.8 Å². The lowest BCUT2D eigenvalue weighted by Crippen LogP contribution is -2.43. The number of aromatic carboxylic acids is 1. The van der Waals surface area contributed by atoms with Crippen LogP contribution in [0.1, 0.15) is 15.4 Å². The van der Waals surface area contributed by atoms with Crippen LogP contribution in [0.2, 0.25) is 0 Å². The van der Waals surface area contributed by atoms with Crippen LogP contribution >= 0.6 is 11.3 Å². The topological polar surface area (TPSA) is 74.7 Å². The average Bonchev–Trinajstić information content (AvgIpc) is 2.68. The number of aromatic nitrogens is 1. The standard InChI is InChI=1S/C11H17N3O3S/c1-7-9(10(15)16)13-11(18-7)12-5-8-6-14(2)3-4-17-8/h8H,3-6H2,1-2H3,(H,12,13)(H,15,16). The van der Waals surface area contributed by atoms with Crippen LogP contribution in [0, 0.1) is 6.92 Å². The van der Waals surface area contributed by atoms with Crippen LogP contribution in [0.3, 0.4) is 0 Å². The van der Waals surface area contributed by atoms with Crippen LogP contribution in [0.25, 0.3) is 0 Å². The number of nitrogens with one attached hydrogen (secondary N) is 1. The van der Waals surface area contributed by atoms with E-state index in [1.807, 2.05) is 0 Å². The van der Waals surface area contributed by atoms with Crippen molar-refractivity contribution in [2.45, 2.75) is 13.0 Å². The highest BCUT2D eigenvalue weighted by molar-refractivity contribution is 7.15. The van der Waals surface area contributed by atoms with E-state index in [1.54, 1.807) is 6.92 Å². The van der Waals surface area contributed by atoms with Crippen molar-refractivity contribution in [1.82, 2.24) is 9.88 Å². The summed E-state index contributed by atoms with van der Waals surface area (Å²) in [5.41, 5.74) is 0.129. The molecular weight excluding hydrogens is 254 g/mol. The van der Waals surface area contributed by atoms with Crippen LogP contribution in [0.4, 0.5) is 5.13 Å². The number of aryl methyl sites for hydroxylation is 1. The number of ether oxygens (including phenoxy) is 1. The maximum atomic E-state index is 10.9. The Morgan fingerprint density at radius 3 is 3.11 bits per heavy atom. The third kappa shape index (κ3) is 3.18. The van der Waals surface area contributed by atoms with Crippen molar-refractivity contribution in [3.63, 3.8) is 0 Å². The Balaban J connectivity index is 1.90. The smallest absolute Gasteiger partial charge is 0.355 e. The van der Waals surface area contributed by atoms with Crippen LogP contribution < -0.4 is 5.32 Å². The lowest BCUT2D eigenvalue weighted by Gasteiger charge is -2.29. The minimum Gasteiger partial charge on any atom is -0.476 e. The number of carboxylic acids is 1. The van der Waals surface area contributed by atoms with Gasteiger partial charge in [0.05, 0.1) is 12.7 Å². The summed E-state index contributed by atoms with van der Waals surface area (Å²) in [6, 6.07) is 0. The monoisotopic (exact) mass is 271 g/mol. The molecule has 1 atom stereocenters. The summed E-state index contributed by atoms with van der Waals surface area (Å²) in [7, 11) is 2.06. The van der Waals surface area contributed by atoms with E-state index in [4.69, 9.17) is 9.84 Å². The van der Waals surface area contributed by atoms with Crippen LogP contribution in [-0.4, -0.2) is 60.4 Å². The molecule has 18 heavy (non-hydrogen) atoms. The van der Waals surface area contributed by atoms with E-state index >= 15 is 0 Å². The van der Waals surface area contributed by atoms with Crippen molar-refractivity contribution < 1.29 is 14.6 Å². The van der Waals surface area contributed by atoms with Gasteiger partial charge in [-0.1, -0.05) is 0 Å². The number of anilines is 1. The van der Waals surface area contributed by atoms with Gasteiger partial charge in [-0.05, 0) is 14.0 Å². The minimum atomic E-state index is -0.981. The first-order chi connectivity index (χ1) is 8.56. The van der Waals surface area contributed by atoms with Crippen molar-refractivity contribution in [2.75, 3.05) is 38.6 Å².